The molecule has 2 aromatic heterocycles. The van der Waals surface area contributed by atoms with E-state index >= 15 is 0 Å². The average molecular weight is 603 g/mol. The minimum atomic E-state index is -0.681. The molecule has 2 aromatic carbocycles. The summed E-state index contributed by atoms with van der Waals surface area (Å²) in [5.41, 5.74) is 2.77. The molecule has 1 aliphatic rings. The molecule has 222 valence electrons. The number of carbonyl (C=O) groups is 2. The molecule has 3 N–H and O–H groups in total. The number of carbonyl (C=O) groups excluding carboxylic acids is 2. The lowest BCUT2D eigenvalue weighted by Crippen LogP contribution is -2.40. The third kappa shape index (κ3) is 6.37. The molecule has 1 saturated heterocycles. The van der Waals surface area contributed by atoms with Crippen LogP contribution in [0.3, 0.4) is 0 Å². The predicted octanol–water partition coefficient (Wildman–Crippen LogP) is 3.10. The number of ether oxygens (including phenoxy) is 1. The third-order valence-corrected chi connectivity index (χ3v) is 7.73. The van der Waals surface area contributed by atoms with E-state index in [-0.39, 0.29) is 17.5 Å². The van der Waals surface area contributed by atoms with Gasteiger partial charge in [-0.1, -0.05) is 48.0 Å². The Balaban J connectivity index is 1.36. The van der Waals surface area contributed by atoms with Gasteiger partial charge in [-0.05, 0) is 30.2 Å². The van der Waals surface area contributed by atoms with E-state index in [1.807, 2.05) is 36.4 Å². The predicted molar refractivity (Wildman–Crippen MR) is 164 cm³/mol. The first-order valence-electron chi connectivity index (χ1n) is 13.7. The molecule has 0 radical (unpaired) electrons. The Kier molecular flexibility index (Phi) is 8.74. The van der Waals surface area contributed by atoms with E-state index in [2.05, 4.69) is 16.0 Å². The van der Waals surface area contributed by atoms with Gasteiger partial charge in [-0.25, -0.2) is 9.78 Å². The highest BCUT2D eigenvalue weighted by molar-refractivity contribution is 6.36. The smallest absolute Gasteiger partial charge is 0.330 e. The number of halogens is 1. The SMILES string of the molecule is COc1nc(-c2cccc(-c3cccc(NC(=O)c4cn(C)c(=O)n(C)c4=O)c3)c2Cl)ccc1CNCC1CCC(=O)N1. The molecule has 0 bridgehead atoms. The molecule has 0 aliphatic carbocycles. The summed E-state index contributed by atoms with van der Waals surface area (Å²) in [6.07, 6.45) is 2.60. The number of aryl methyl sites for hydroxylation is 1. The summed E-state index contributed by atoms with van der Waals surface area (Å²) in [7, 11) is 4.36. The number of rotatable bonds is 9. The van der Waals surface area contributed by atoms with E-state index in [1.165, 1.54) is 24.9 Å². The first kappa shape index (κ1) is 29.7. The highest BCUT2D eigenvalue weighted by atomic mass is 35.5. The highest BCUT2D eigenvalue weighted by Crippen LogP contribution is 2.37. The number of benzene rings is 2. The number of nitrogens with one attached hydrogen (secondary N) is 3. The van der Waals surface area contributed by atoms with Gasteiger partial charge in [0.05, 0.1) is 17.8 Å². The molecule has 0 saturated carbocycles. The monoisotopic (exact) mass is 602 g/mol. The summed E-state index contributed by atoms with van der Waals surface area (Å²) >= 11 is 6.91. The van der Waals surface area contributed by atoms with Crippen LogP contribution in [0.15, 0.2) is 70.4 Å². The second kappa shape index (κ2) is 12.6. The third-order valence-electron chi connectivity index (χ3n) is 7.32. The Hall–Kier alpha value is -4.74. The van der Waals surface area contributed by atoms with Crippen molar-refractivity contribution in [2.45, 2.75) is 25.4 Å². The minimum absolute atomic E-state index is 0.0828. The van der Waals surface area contributed by atoms with Crippen molar-refractivity contribution in [1.82, 2.24) is 24.8 Å². The van der Waals surface area contributed by atoms with Crippen molar-refractivity contribution < 1.29 is 14.3 Å². The average Bonchev–Trinajstić information content (AvgIpc) is 3.42. The number of hydrogen-bond acceptors (Lipinski definition) is 7. The number of pyridine rings is 1. The Morgan fingerprint density at radius 3 is 2.60 bits per heavy atom. The van der Waals surface area contributed by atoms with Crippen molar-refractivity contribution >= 4 is 29.1 Å². The first-order chi connectivity index (χ1) is 20.7. The molecule has 1 atom stereocenters. The lowest BCUT2D eigenvalue weighted by molar-refractivity contribution is -0.119. The van der Waals surface area contributed by atoms with Crippen LogP contribution in [0.5, 0.6) is 5.88 Å². The molecule has 1 fully saturated rings. The van der Waals surface area contributed by atoms with Crippen LogP contribution in [0.4, 0.5) is 5.69 Å². The van der Waals surface area contributed by atoms with Gasteiger partial charge >= 0.3 is 5.69 Å². The zero-order valence-electron chi connectivity index (χ0n) is 23.9. The Bertz CT molecular complexity index is 1830. The van der Waals surface area contributed by atoms with E-state index in [0.717, 1.165) is 27.7 Å². The van der Waals surface area contributed by atoms with Crippen LogP contribution in [0.2, 0.25) is 5.02 Å². The van der Waals surface area contributed by atoms with Gasteiger partial charge in [0, 0.05) is 68.2 Å². The highest BCUT2D eigenvalue weighted by Gasteiger charge is 2.21. The Morgan fingerprint density at radius 2 is 1.86 bits per heavy atom. The largest absolute Gasteiger partial charge is 0.481 e. The van der Waals surface area contributed by atoms with Crippen molar-refractivity contribution in [3.63, 3.8) is 0 Å². The van der Waals surface area contributed by atoms with Crippen LogP contribution in [-0.2, 0) is 25.4 Å². The molecule has 4 aromatic rings. The number of amides is 2. The number of methoxy groups -OCH3 is 1. The van der Waals surface area contributed by atoms with E-state index < -0.39 is 17.2 Å². The van der Waals surface area contributed by atoms with Gasteiger partial charge in [0.25, 0.3) is 11.5 Å². The second-order valence-corrected chi connectivity index (χ2v) is 10.7. The quantitative estimate of drug-likeness (QED) is 0.268. The van der Waals surface area contributed by atoms with Crippen LogP contribution in [0.1, 0.15) is 28.8 Å². The lowest BCUT2D eigenvalue weighted by atomic mass is 10.0. The van der Waals surface area contributed by atoms with E-state index in [4.69, 9.17) is 21.3 Å². The summed E-state index contributed by atoms with van der Waals surface area (Å²) in [5, 5.41) is 9.51. The van der Waals surface area contributed by atoms with Crippen molar-refractivity contribution in [3.05, 3.63) is 97.8 Å². The zero-order valence-corrected chi connectivity index (χ0v) is 24.7. The molecule has 3 heterocycles. The Labute approximate surface area is 252 Å². The summed E-state index contributed by atoms with van der Waals surface area (Å²) in [4.78, 5) is 53.6. The molecule has 1 unspecified atom stereocenters. The summed E-state index contributed by atoms with van der Waals surface area (Å²) in [6.45, 7) is 1.19. The normalized spacial score (nSPS) is 14.4. The number of nitrogens with zero attached hydrogens (tertiary/aromatic N) is 3. The van der Waals surface area contributed by atoms with Crippen LogP contribution in [-0.4, -0.2) is 45.6 Å². The van der Waals surface area contributed by atoms with E-state index in [9.17, 15) is 19.2 Å². The molecular formula is C31H31ClN6O5. The lowest BCUT2D eigenvalue weighted by Gasteiger charge is -2.15. The number of anilines is 1. The molecule has 11 nitrogen and oxygen atoms in total. The number of hydrogen-bond donors (Lipinski definition) is 3. The van der Waals surface area contributed by atoms with Gasteiger partial charge in [-0.2, -0.15) is 0 Å². The van der Waals surface area contributed by atoms with Crippen LogP contribution in [0, 0.1) is 0 Å². The van der Waals surface area contributed by atoms with Crippen LogP contribution < -0.4 is 31.9 Å². The second-order valence-electron chi connectivity index (χ2n) is 10.3. The van der Waals surface area contributed by atoms with Gasteiger partial charge in [-0.15, -0.1) is 0 Å². The summed E-state index contributed by atoms with van der Waals surface area (Å²) in [6, 6.07) is 16.6. The molecule has 5 rings (SSSR count). The molecule has 1 aliphatic heterocycles. The first-order valence-corrected chi connectivity index (χ1v) is 14.1. The van der Waals surface area contributed by atoms with Gasteiger partial charge in [0.15, 0.2) is 0 Å². The van der Waals surface area contributed by atoms with E-state index in [0.29, 0.717) is 47.4 Å². The minimum Gasteiger partial charge on any atom is -0.481 e. The fourth-order valence-electron chi connectivity index (χ4n) is 5.02. The zero-order chi connectivity index (χ0) is 30.7. The topological polar surface area (TPSA) is 136 Å². The van der Waals surface area contributed by atoms with Gasteiger partial charge in [-0.3, -0.25) is 19.0 Å². The molecule has 2 amide bonds. The van der Waals surface area contributed by atoms with Gasteiger partial charge in [0.2, 0.25) is 11.8 Å². The molecule has 0 spiro atoms. The fraction of sp³-hybridized carbons (Fsp3) is 0.258. The van der Waals surface area contributed by atoms with Gasteiger partial charge in [0.1, 0.15) is 5.56 Å². The van der Waals surface area contributed by atoms with E-state index in [1.54, 1.807) is 25.3 Å². The Morgan fingerprint density at radius 1 is 1.09 bits per heavy atom. The number of aromatic nitrogens is 3. The van der Waals surface area contributed by atoms with Gasteiger partial charge < -0.3 is 25.3 Å². The maximum absolute atomic E-state index is 12.9. The van der Waals surface area contributed by atoms with Crippen molar-refractivity contribution in [3.8, 4) is 28.3 Å². The fourth-order valence-corrected chi connectivity index (χ4v) is 5.35. The summed E-state index contributed by atoms with van der Waals surface area (Å²) < 4.78 is 7.64. The maximum Gasteiger partial charge on any atom is 0.330 e. The molecular weight excluding hydrogens is 572 g/mol. The standard InChI is InChI=1S/C31H31ClN6O5/c1-37-17-24(30(41)38(2)31(37)42)28(40)35-20-7-4-6-18(14-20)22-8-5-9-23(27(22)32)25-12-10-19(29(36-25)43-3)15-33-16-21-11-13-26(39)34-21/h4-10,12,14,17,21,33H,11,13,15-16H2,1-3H3,(H,34,39)(H,35,40). The van der Waals surface area contributed by atoms with Crippen LogP contribution in [0.25, 0.3) is 22.4 Å². The van der Waals surface area contributed by atoms with Crippen molar-refractivity contribution in [2.24, 2.45) is 14.1 Å². The van der Waals surface area contributed by atoms with Crippen LogP contribution >= 0.6 is 11.6 Å². The van der Waals surface area contributed by atoms with Crippen molar-refractivity contribution in [1.29, 1.82) is 0 Å². The van der Waals surface area contributed by atoms with Crippen molar-refractivity contribution in [2.75, 3.05) is 19.0 Å². The molecule has 43 heavy (non-hydrogen) atoms. The summed E-state index contributed by atoms with van der Waals surface area (Å²) in [5.74, 6) is -0.0809. The molecule has 12 heteroatoms. The maximum atomic E-state index is 12.9.